The lowest BCUT2D eigenvalue weighted by Crippen LogP contribution is -2.51. The van der Waals surface area contributed by atoms with Crippen molar-refractivity contribution in [3.05, 3.63) is 0 Å². The van der Waals surface area contributed by atoms with Gasteiger partial charge in [0.1, 0.15) is 6.61 Å². The Kier molecular flexibility index (Phi) is 5.91. The first kappa shape index (κ1) is 17.0. The molecule has 0 radical (unpaired) electrons. The Labute approximate surface area is 124 Å². The van der Waals surface area contributed by atoms with Crippen molar-refractivity contribution in [1.29, 1.82) is 0 Å². The average Bonchev–Trinajstić information content (AvgIpc) is 2.40. The standard InChI is InChI=1S/C15H26F3NO2/c1-2-7-19-13(10-20-11-15(16,17)18)12-4-8-21-14(9-12)5-3-6-14/h12-13,19H,2-11H2,1H3. The minimum Gasteiger partial charge on any atom is -0.375 e. The van der Waals surface area contributed by atoms with Crippen LogP contribution in [0.5, 0.6) is 0 Å². The first-order valence-corrected chi connectivity index (χ1v) is 7.96. The van der Waals surface area contributed by atoms with Crippen LogP contribution in [0.4, 0.5) is 13.2 Å². The molecule has 21 heavy (non-hydrogen) atoms. The van der Waals surface area contributed by atoms with Crippen LogP contribution in [-0.2, 0) is 9.47 Å². The van der Waals surface area contributed by atoms with Crippen LogP contribution in [0.3, 0.4) is 0 Å². The third-order valence-corrected chi connectivity index (χ3v) is 4.58. The molecule has 1 N–H and O–H groups in total. The minimum absolute atomic E-state index is 0.00586. The third-order valence-electron chi connectivity index (χ3n) is 4.58. The molecule has 2 unspecified atom stereocenters. The number of halogens is 3. The van der Waals surface area contributed by atoms with Crippen LogP contribution in [0.25, 0.3) is 0 Å². The molecule has 124 valence electrons. The molecule has 1 spiro atoms. The lowest BCUT2D eigenvalue weighted by molar-refractivity contribution is -0.180. The second kappa shape index (κ2) is 7.29. The Balaban J connectivity index is 1.85. The third kappa shape index (κ3) is 5.11. The van der Waals surface area contributed by atoms with E-state index in [0.29, 0.717) is 12.5 Å². The number of alkyl halides is 3. The first-order valence-electron chi connectivity index (χ1n) is 7.96. The van der Waals surface area contributed by atoms with Gasteiger partial charge in [-0.3, -0.25) is 0 Å². The highest BCUT2D eigenvalue weighted by molar-refractivity contribution is 4.96. The summed E-state index contributed by atoms with van der Waals surface area (Å²) < 4.78 is 47.5. The molecule has 2 aliphatic rings. The van der Waals surface area contributed by atoms with Crippen LogP contribution in [0.1, 0.15) is 45.4 Å². The number of hydrogen-bond donors (Lipinski definition) is 1. The number of nitrogens with one attached hydrogen (secondary N) is 1. The summed E-state index contributed by atoms with van der Waals surface area (Å²) in [7, 11) is 0. The first-order chi connectivity index (χ1) is 9.94. The van der Waals surface area contributed by atoms with E-state index in [9.17, 15) is 13.2 Å². The molecule has 1 heterocycles. The van der Waals surface area contributed by atoms with E-state index < -0.39 is 12.8 Å². The van der Waals surface area contributed by atoms with Crippen LogP contribution >= 0.6 is 0 Å². The molecule has 2 rings (SSSR count). The van der Waals surface area contributed by atoms with Gasteiger partial charge in [-0.15, -0.1) is 0 Å². The molecule has 3 nitrogen and oxygen atoms in total. The lowest BCUT2D eigenvalue weighted by Gasteiger charge is -2.48. The molecule has 6 heteroatoms. The van der Waals surface area contributed by atoms with Crippen LogP contribution < -0.4 is 5.32 Å². The molecule has 1 aliphatic heterocycles. The predicted molar refractivity (Wildman–Crippen MR) is 74.2 cm³/mol. The highest BCUT2D eigenvalue weighted by atomic mass is 19.4. The maximum atomic E-state index is 12.2. The van der Waals surface area contributed by atoms with Crippen molar-refractivity contribution in [1.82, 2.24) is 5.32 Å². The minimum atomic E-state index is -4.25. The van der Waals surface area contributed by atoms with Crippen LogP contribution in [0, 0.1) is 5.92 Å². The normalized spacial score (nSPS) is 26.6. The Morgan fingerprint density at radius 2 is 2.14 bits per heavy atom. The molecular formula is C15H26F3NO2. The van der Waals surface area contributed by atoms with E-state index in [2.05, 4.69) is 12.2 Å². The molecule has 2 fully saturated rings. The molecule has 0 bridgehead atoms. The quantitative estimate of drug-likeness (QED) is 0.783. The van der Waals surface area contributed by atoms with E-state index in [1.54, 1.807) is 0 Å². The summed E-state index contributed by atoms with van der Waals surface area (Å²) >= 11 is 0. The molecule has 2 atom stereocenters. The van der Waals surface area contributed by atoms with Gasteiger partial charge in [0, 0.05) is 12.6 Å². The smallest absolute Gasteiger partial charge is 0.375 e. The van der Waals surface area contributed by atoms with E-state index in [0.717, 1.165) is 38.6 Å². The molecule has 1 saturated heterocycles. The molecule has 1 saturated carbocycles. The largest absolute Gasteiger partial charge is 0.411 e. The lowest BCUT2D eigenvalue weighted by atomic mass is 9.70. The molecule has 0 aromatic heterocycles. The van der Waals surface area contributed by atoms with Gasteiger partial charge in [-0.2, -0.15) is 13.2 Å². The second-order valence-electron chi connectivity index (χ2n) is 6.33. The van der Waals surface area contributed by atoms with Crippen LogP contribution in [0.2, 0.25) is 0 Å². The topological polar surface area (TPSA) is 30.5 Å². The summed E-state index contributed by atoms with van der Waals surface area (Å²) in [5, 5.41) is 3.36. The van der Waals surface area contributed by atoms with Crippen molar-refractivity contribution >= 4 is 0 Å². The van der Waals surface area contributed by atoms with Crippen molar-refractivity contribution in [2.45, 2.75) is 63.3 Å². The van der Waals surface area contributed by atoms with Gasteiger partial charge in [-0.05, 0) is 51.0 Å². The van der Waals surface area contributed by atoms with E-state index in [4.69, 9.17) is 9.47 Å². The fraction of sp³-hybridized carbons (Fsp3) is 1.00. The van der Waals surface area contributed by atoms with Crippen molar-refractivity contribution in [2.75, 3.05) is 26.4 Å². The summed E-state index contributed by atoms with van der Waals surface area (Å²) in [5.74, 6) is 0.346. The molecule has 1 aliphatic carbocycles. The van der Waals surface area contributed by atoms with Gasteiger partial charge in [0.15, 0.2) is 0 Å². The summed E-state index contributed by atoms with van der Waals surface area (Å²) in [6.07, 6.45) is 1.94. The summed E-state index contributed by atoms with van der Waals surface area (Å²) in [6.45, 7) is 2.54. The fourth-order valence-corrected chi connectivity index (χ4v) is 3.32. The Bertz CT molecular complexity index is 319. The maximum absolute atomic E-state index is 12.2. The van der Waals surface area contributed by atoms with Gasteiger partial charge in [-0.25, -0.2) is 0 Å². The van der Waals surface area contributed by atoms with Crippen molar-refractivity contribution in [3.8, 4) is 0 Å². The molecule has 0 aromatic carbocycles. The van der Waals surface area contributed by atoms with Crippen molar-refractivity contribution in [3.63, 3.8) is 0 Å². The highest BCUT2D eigenvalue weighted by Gasteiger charge is 2.44. The van der Waals surface area contributed by atoms with E-state index in [1.165, 1.54) is 6.42 Å². The SMILES string of the molecule is CCCNC(COCC(F)(F)F)C1CCOC2(CCC2)C1. The zero-order valence-electron chi connectivity index (χ0n) is 12.7. The maximum Gasteiger partial charge on any atom is 0.411 e. The van der Waals surface area contributed by atoms with E-state index >= 15 is 0 Å². The molecule has 0 amide bonds. The zero-order chi connectivity index (χ0) is 15.3. The summed E-state index contributed by atoms with van der Waals surface area (Å²) in [6, 6.07) is -0.00586. The van der Waals surface area contributed by atoms with Gasteiger partial charge in [0.2, 0.25) is 0 Å². The number of ether oxygens (including phenoxy) is 2. The molecule has 0 aromatic rings. The fourth-order valence-electron chi connectivity index (χ4n) is 3.32. The van der Waals surface area contributed by atoms with Crippen molar-refractivity contribution in [2.24, 2.45) is 5.92 Å². The monoisotopic (exact) mass is 309 g/mol. The van der Waals surface area contributed by atoms with E-state index in [1.807, 2.05) is 0 Å². The Hall–Kier alpha value is -0.330. The van der Waals surface area contributed by atoms with Crippen molar-refractivity contribution < 1.29 is 22.6 Å². The van der Waals surface area contributed by atoms with Gasteiger partial charge < -0.3 is 14.8 Å². The number of hydrogen-bond acceptors (Lipinski definition) is 3. The Morgan fingerprint density at radius 3 is 2.71 bits per heavy atom. The van der Waals surface area contributed by atoms with Gasteiger partial charge >= 0.3 is 6.18 Å². The van der Waals surface area contributed by atoms with E-state index in [-0.39, 0.29) is 18.2 Å². The molecular weight excluding hydrogens is 283 g/mol. The predicted octanol–water partition coefficient (Wildman–Crippen LogP) is 3.28. The van der Waals surface area contributed by atoms with Crippen LogP contribution in [0.15, 0.2) is 0 Å². The summed E-state index contributed by atoms with van der Waals surface area (Å²) in [4.78, 5) is 0. The Morgan fingerprint density at radius 1 is 1.38 bits per heavy atom. The van der Waals surface area contributed by atoms with Gasteiger partial charge in [0.05, 0.1) is 12.2 Å². The van der Waals surface area contributed by atoms with Crippen LogP contribution in [-0.4, -0.2) is 44.2 Å². The number of rotatable bonds is 7. The second-order valence-corrected chi connectivity index (χ2v) is 6.33. The van der Waals surface area contributed by atoms with Gasteiger partial charge in [0.25, 0.3) is 0 Å². The summed E-state index contributed by atoms with van der Waals surface area (Å²) in [5.41, 5.74) is 0.0130. The van der Waals surface area contributed by atoms with Gasteiger partial charge in [-0.1, -0.05) is 6.92 Å². The average molecular weight is 309 g/mol. The zero-order valence-corrected chi connectivity index (χ0v) is 12.7. The highest BCUT2D eigenvalue weighted by Crippen LogP contribution is 2.45.